The van der Waals surface area contributed by atoms with Crippen molar-refractivity contribution in [2.24, 2.45) is 5.73 Å². The quantitative estimate of drug-likeness (QED) is 0.857. The van der Waals surface area contributed by atoms with Crippen molar-refractivity contribution in [2.75, 3.05) is 0 Å². The van der Waals surface area contributed by atoms with Gasteiger partial charge in [0.15, 0.2) is 0 Å². The predicted octanol–water partition coefficient (Wildman–Crippen LogP) is 3.04. The summed E-state index contributed by atoms with van der Waals surface area (Å²) in [6.45, 7) is 0. The molecule has 0 spiro atoms. The maximum atomic E-state index is 12.2. The smallest absolute Gasteiger partial charge is 0.253 e. The Hall–Kier alpha value is -1.00. The molecule has 0 radical (unpaired) electrons. The van der Waals surface area contributed by atoms with Crippen LogP contribution in [0.25, 0.3) is 10.1 Å². The van der Waals surface area contributed by atoms with Crippen molar-refractivity contribution in [3.63, 3.8) is 0 Å². The first-order valence-electron chi connectivity index (χ1n) is 4.68. The van der Waals surface area contributed by atoms with Crippen molar-refractivity contribution in [1.82, 2.24) is 0 Å². The number of hydrogen-bond acceptors (Lipinski definition) is 2. The minimum Gasteiger partial charge on any atom is -0.323 e. The Morgan fingerprint density at radius 2 is 2.00 bits per heavy atom. The summed E-state index contributed by atoms with van der Waals surface area (Å²) in [5, 5.41) is 1.10. The van der Waals surface area contributed by atoms with E-state index in [1.807, 2.05) is 30.3 Å². The molecule has 80 valence electrons. The van der Waals surface area contributed by atoms with E-state index in [-0.39, 0.29) is 6.42 Å². The van der Waals surface area contributed by atoms with Crippen molar-refractivity contribution >= 4 is 21.4 Å². The zero-order chi connectivity index (χ0) is 10.8. The highest BCUT2D eigenvalue weighted by molar-refractivity contribution is 7.19. The molecular weight excluding hydrogens is 216 g/mol. The molecule has 1 heterocycles. The first-order chi connectivity index (χ1) is 7.16. The van der Waals surface area contributed by atoms with E-state index < -0.39 is 12.5 Å². The molecule has 1 atom stereocenters. The molecule has 1 nitrogen and oxygen atoms in total. The Kier molecular flexibility index (Phi) is 2.98. The van der Waals surface area contributed by atoms with Crippen LogP contribution in [0.5, 0.6) is 0 Å². The minimum atomic E-state index is -2.45. The van der Waals surface area contributed by atoms with Gasteiger partial charge in [-0.2, -0.15) is 0 Å². The van der Waals surface area contributed by atoms with E-state index in [9.17, 15) is 8.78 Å². The highest BCUT2D eigenvalue weighted by Crippen LogP contribution is 2.26. The maximum Gasteiger partial charge on any atom is 0.253 e. The van der Waals surface area contributed by atoms with Crippen LogP contribution in [-0.4, -0.2) is 12.5 Å². The Labute approximate surface area is 90.5 Å². The lowest BCUT2D eigenvalue weighted by Crippen LogP contribution is -2.30. The monoisotopic (exact) mass is 227 g/mol. The Morgan fingerprint density at radius 3 is 2.67 bits per heavy atom. The average Bonchev–Trinajstić information content (AvgIpc) is 2.59. The van der Waals surface area contributed by atoms with E-state index in [2.05, 4.69) is 0 Å². The molecule has 1 aromatic carbocycles. The van der Waals surface area contributed by atoms with Crippen LogP contribution in [-0.2, 0) is 6.42 Å². The molecular formula is C11H11F2NS. The first-order valence-corrected chi connectivity index (χ1v) is 5.49. The van der Waals surface area contributed by atoms with Crippen LogP contribution in [0.15, 0.2) is 30.3 Å². The van der Waals surface area contributed by atoms with Crippen molar-refractivity contribution < 1.29 is 8.78 Å². The molecule has 0 aliphatic carbocycles. The fourth-order valence-electron chi connectivity index (χ4n) is 1.46. The van der Waals surface area contributed by atoms with Crippen LogP contribution in [0.2, 0.25) is 0 Å². The van der Waals surface area contributed by atoms with Crippen molar-refractivity contribution in [3.8, 4) is 0 Å². The second kappa shape index (κ2) is 4.24. The molecule has 0 aliphatic heterocycles. The highest BCUT2D eigenvalue weighted by Gasteiger charge is 2.16. The van der Waals surface area contributed by atoms with E-state index in [0.717, 1.165) is 15.0 Å². The molecule has 2 N–H and O–H groups in total. The molecule has 2 rings (SSSR count). The van der Waals surface area contributed by atoms with E-state index in [1.165, 1.54) is 11.3 Å². The third-order valence-corrected chi connectivity index (χ3v) is 3.38. The van der Waals surface area contributed by atoms with Crippen molar-refractivity contribution in [3.05, 3.63) is 35.2 Å². The Bertz CT molecular complexity index is 420. The van der Waals surface area contributed by atoms with Gasteiger partial charge in [0.2, 0.25) is 0 Å². The summed E-state index contributed by atoms with van der Waals surface area (Å²) < 4.78 is 25.6. The maximum absolute atomic E-state index is 12.2. The number of fused-ring (bicyclic) bond motifs is 1. The van der Waals surface area contributed by atoms with Gasteiger partial charge in [-0.05, 0) is 17.5 Å². The number of halogens is 2. The molecule has 1 unspecified atom stereocenters. The summed E-state index contributed by atoms with van der Waals surface area (Å²) in [5.74, 6) is 0. The number of rotatable bonds is 3. The lowest BCUT2D eigenvalue weighted by molar-refractivity contribution is 0.116. The van der Waals surface area contributed by atoms with Crippen molar-refractivity contribution in [1.29, 1.82) is 0 Å². The molecule has 0 saturated carbocycles. The van der Waals surface area contributed by atoms with E-state index in [1.54, 1.807) is 0 Å². The second-order valence-corrected chi connectivity index (χ2v) is 4.62. The van der Waals surface area contributed by atoms with Gasteiger partial charge in [-0.15, -0.1) is 11.3 Å². The molecule has 0 amide bonds. The molecule has 1 aromatic heterocycles. The largest absolute Gasteiger partial charge is 0.323 e. The fraction of sp³-hybridized carbons (Fsp3) is 0.273. The third-order valence-electron chi connectivity index (χ3n) is 2.24. The third kappa shape index (κ3) is 2.33. The zero-order valence-electron chi connectivity index (χ0n) is 7.99. The Balaban J connectivity index is 2.22. The van der Waals surface area contributed by atoms with Crippen LogP contribution >= 0.6 is 11.3 Å². The van der Waals surface area contributed by atoms with E-state index in [4.69, 9.17) is 5.73 Å². The van der Waals surface area contributed by atoms with Gasteiger partial charge in [-0.1, -0.05) is 18.2 Å². The summed E-state index contributed by atoms with van der Waals surface area (Å²) in [6, 6.07) is 8.71. The van der Waals surface area contributed by atoms with Gasteiger partial charge >= 0.3 is 0 Å². The van der Waals surface area contributed by atoms with Crippen molar-refractivity contribution in [2.45, 2.75) is 18.9 Å². The van der Waals surface area contributed by atoms with Crippen LogP contribution < -0.4 is 5.73 Å². The fourth-order valence-corrected chi connectivity index (χ4v) is 2.59. The van der Waals surface area contributed by atoms with Gasteiger partial charge in [0.1, 0.15) is 0 Å². The van der Waals surface area contributed by atoms with Crippen LogP contribution in [0.1, 0.15) is 4.88 Å². The zero-order valence-corrected chi connectivity index (χ0v) is 8.81. The molecule has 0 aliphatic rings. The number of nitrogens with two attached hydrogens (primary N) is 1. The number of alkyl halides is 2. The minimum absolute atomic E-state index is 0.247. The van der Waals surface area contributed by atoms with Gasteiger partial charge in [-0.25, -0.2) is 8.78 Å². The molecule has 0 saturated heterocycles. The summed E-state index contributed by atoms with van der Waals surface area (Å²) in [5.41, 5.74) is 5.33. The van der Waals surface area contributed by atoms with Gasteiger partial charge in [-0.3, -0.25) is 0 Å². The lowest BCUT2D eigenvalue weighted by Gasteiger charge is -2.07. The molecule has 2 aromatic rings. The Morgan fingerprint density at radius 1 is 1.27 bits per heavy atom. The SMILES string of the molecule is NC(Cc1cc2ccccc2s1)C(F)F. The van der Waals surface area contributed by atoms with E-state index >= 15 is 0 Å². The lowest BCUT2D eigenvalue weighted by atomic mass is 10.2. The average molecular weight is 227 g/mol. The second-order valence-electron chi connectivity index (χ2n) is 3.45. The van der Waals surface area contributed by atoms with Crippen LogP contribution in [0.4, 0.5) is 8.78 Å². The summed E-state index contributed by atoms with van der Waals surface area (Å²) in [7, 11) is 0. The predicted molar refractivity (Wildman–Crippen MR) is 59.5 cm³/mol. The van der Waals surface area contributed by atoms with Crippen LogP contribution in [0.3, 0.4) is 0 Å². The van der Waals surface area contributed by atoms with Gasteiger partial charge in [0, 0.05) is 16.0 Å². The number of hydrogen-bond donors (Lipinski definition) is 1. The summed E-state index contributed by atoms with van der Waals surface area (Å²) >= 11 is 1.53. The van der Waals surface area contributed by atoms with Crippen LogP contribution in [0, 0.1) is 0 Å². The molecule has 0 bridgehead atoms. The first kappa shape index (κ1) is 10.5. The number of benzene rings is 1. The molecule has 4 heteroatoms. The normalized spacial score (nSPS) is 13.6. The summed E-state index contributed by atoms with van der Waals surface area (Å²) in [4.78, 5) is 0.920. The highest BCUT2D eigenvalue weighted by atomic mass is 32.1. The summed E-state index contributed by atoms with van der Waals surface area (Å²) in [6.07, 6.45) is -2.20. The standard InChI is InChI=1S/C11H11F2NS/c12-11(13)9(14)6-8-5-7-3-1-2-4-10(7)15-8/h1-5,9,11H,6,14H2. The van der Waals surface area contributed by atoms with Gasteiger partial charge in [0.25, 0.3) is 6.43 Å². The molecule has 15 heavy (non-hydrogen) atoms. The molecule has 0 fully saturated rings. The number of thiophene rings is 1. The topological polar surface area (TPSA) is 26.0 Å². The van der Waals surface area contributed by atoms with Gasteiger partial charge < -0.3 is 5.73 Å². The van der Waals surface area contributed by atoms with Gasteiger partial charge in [0.05, 0.1) is 6.04 Å². The van der Waals surface area contributed by atoms with E-state index in [0.29, 0.717) is 0 Å².